The molecule has 0 saturated carbocycles. The van der Waals surface area contributed by atoms with Crippen molar-refractivity contribution in [2.45, 2.75) is 25.1 Å². The van der Waals surface area contributed by atoms with Crippen molar-refractivity contribution in [3.8, 4) is 11.5 Å². The lowest BCUT2D eigenvalue weighted by molar-refractivity contribution is -0.128. The number of thiol groups is 1. The summed E-state index contributed by atoms with van der Waals surface area (Å²) >= 11 is 4.38. The van der Waals surface area contributed by atoms with Crippen LogP contribution in [0.3, 0.4) is 0 Å². The second kappa shape index (κ2) is 8.81. The number of amides is 3. The highest BCUT2D eigenvalue weighted by molar-refractivity contribution is 7.81. The van der Waals surface area contributed by atoms with Gasteiger partial charge in [-0.1, -0.05) is 12.1 Å². The first-order valence-electron chi connectivity index (χ1n) is 8.91. The number of ether oxygens (including phenoxy) is 1. The third-order valence-corrected chi connectivity index (χ3v) is 4.52. The van der Waals surface area contributed by atoms with Crippen molar-refractivity contribution in [3.63, 3.8) is 0 Å². The van der Waals surface area contributed by atoms with Gasteiger partial charge in [-0.25, -0.2) is 4.79 Å². The largest absolute Gasteiger partial charge is 0.457 e. The third-order valence-electron chi connectivity index (χ3n) is 4.18. The first-order valence-corrected chi connectivity index (χ1v) is 9.42. The molecule has 0 aliphatic carbocycles. The lowest BCUT2D eigenvalue weighted by Gasteiger charge is -2.16. The molecule has 27 heavy (non-hydrogen) atoms. The quantitative estimate of drug-likeness (QED) is 0.665. The summed E-state index contributed by atoms with van der Waals surface area (Å²) in [7, 11) is 0. The molecule has 2 aromatic rings. The Morgan fingerprint density at radius 3 is 2.33 bits per heavy atom. The van der Waals surface area contributed by atoms with Gasteiger partial charge in [-0.2, -0.15) is 12.6 Å². The van der Waals surface area contributed by atoms with Crippen LogP contribution in [-0.4, -0.2) is 35.2 Å². The molecular formula is C20H23N3O3S. The van der Waals surface area contributed by atoms with E-state index in [1.54, 1.807) is 24.3 Å². The van der Waals surface area contributed by atoms with Crippen molar-refractivity contribution in [1.82, 2.24) is 10.2 Å². The number of hydrogen-bond donors (Lipinski definition) is 3. The number of rotatable bonds is 6. The minimum atomic E-state index is -0.234. The fourth-order valence-electron chi connectivity index (χ4n) is 2.87. The Labute approximate surface area is 164 Å². The molecule has 7 heteroatoms. The number of nitrogens with zero attached hydrogens (tertiary/aromatic N) is 1. The first kappa shape index (κ1) is 19.1. The number of urea groups is 1. The van der Waals surface area contributed by atoms with Gasteiger partial charge in [0.25, 0.3) is 0 Å². The normalized spacial score (nSPS) is 16.3. The number of carbonyl (C=O) groups excluding carboxylic acids is 2. The molecule has 3 amide bonds. The van der Waals surface area contributed by atoms with Crippen LogP contribution in [0.1, 0.15) is 18.9 Å². The Kier molecular flexibility index (Phi) is 6.24. The van der Waals surface area contributed by atoms with Crippen LogP contribution in [0.25, 0.3) is 0 Å². The molecule has 1 aliphatic heterocycles. The number of anilines is 1. The van der Waals surface area contributed by atoms with E-state index in [1.807, 2.05) is 36.1 Å². The topological polar surface area (TPSA) is 70.7 Å². The van der Waals surface area contributed by atoms with Crippen molar-refractivity contribution in [2.24, 2.45) is 0 Å². The van der Waals surface area contributed by atoms with Crippen LogP contribution in [0, 0.1) is 0 Å². The van der Waals surface area contributed by atoms with Gasteiger partial charge in [0.2, 0.25) is 5.91 Å². The summed E-state index contributed by atoms with van der Waals surface area (Å²) in [5.74, 6) is 1.54. The Bertz CT molecular complexity index is 793. The zero-order chi connectivity index (χ0) is 19.2. The van der Waals surface area contributed by atoms with Crippen LogP contribution in [0.15, 0.2) is 48.5 Å². The monoisotopic (exact) mass is 385 g/mol. The van der Waals surface area contributed by atoms with Crippen molar-refractivity contribution >= 4 is 30.3 Å². The molecule has 6 nitrogen and oxygen atoms in total. The highest BCUT2D eigenvalue weighted by Crippen LogP contribution is 2.24. The molecule has 1 atom stereocenters. The van der Waals surface area contributed by atoms with Gasteiger partial charge < -0.3 is 20.3 Å². The molecular weight excluding hydrogens is 362 g/mol. The van der Waals surface area contributed by atoms with E-state index in [-0.39, 0.29) is 17.2 Å². The fraction of sp³-hybridized carbons (Fsp3) is 0.300. The zero-order valence-electron chi connectivity index (χ0n) is 15.1. The van der Waals surface area contributed by atoms with Gasteiger partial charge >= 0.3 is 6.03 Å². The number of nitrogens with one attached hydrogen (secondary N) is 2. The van der Waals surface area contributed by atoms with Crippen LogP contribution in [-0.2, 0) is 11.3 Å². The molecule has 1 saturated heterocycles. The minimum Gasteiger partial charge on any atom is -0.457 e. The summed E-state index contributed by atoms with van der Waals surface area (Å²) in [6.45, 7) is 3.72. The molecule has 0 spiro atoms. The van der Waals surface area contributed by atoms with Crippen LogP contribution in [0.5, 0.6) is 11.5 Å². The van der Waals surface area contributed by atoms with Gasteiger partial charge in [0.1, 0.15) is 11.5 Å². The maximum Gasteiger partial charge on any atom is 0.319 e. The maximum absolute atomic E-state index is 11.9. The molecule has 1 aliphatic rings. The minimum absolute atomic E-state index is 0.130. The molecule has 0 radical (unpaired) electrons. The summed E-state index contributed by atoms with van der Waals surface area (Å²) in [6.07, 6.45) is 0.509. The van der Waals surface area contributed by atoms with Gasteiger partial charge in [-0.05, 0) is 48.9 Å². The van der Waals surface area contributed by atoms with E-state index in [2.05, 4.69) is 23.3 Å². The predicted molar refractivity (Wildman–Crippen MR) is 108 cm³/mol. The van der Waals surface area contributed by atoms with Gasteiger partial charge in [0, 0.05) is 37.0 Å². The second-order valence-corrected chi connectivity index (χ2v) is 7.12. The lowest BCUT2D eigenvalue weighted by atomic mass is 10.2. The highest BCUT2D eigenvalue weighted by Gasteiger charge is 2.26. The van der Waals surface area contributed by atoms with Crippen molar-refractivity contribution < 1.29 is 14.3 Å². The van der Waals surface area contributed by atoms with Crippen LogP contribution >= 0.6 is 12.6 Å². The van der Waals surface area contributed by atoms with E-state index in [0.717, 1.165) is 5.56 Å². The average Bonchev–Trinajstić information content (AvgIpc) is 2.95. The van der Waals surface area contributed by atoms with E-state index < -0.39 is 0 Å². The first-order chi connectivity index (χ1) is 13.0. The molecule has 0 bridgehead atoms. The molecule has 1 unspecified atom stereocenters. The molecule has 0 aromatic heterocycles. The highest BCUT2D eigenvalue weighted by atomic mass is 32.1. The molecule has 1 heterocycles. The van der Waals surface area contributed by atoms with Crippen LogP contribution < -0.4 is 15.4 Å². The SMILES string of the molecule is CCNC(=O)Nc1ccc(Oc2ccc(CN3CC(S)CC3=O)cc2)cc1. The standard InChI is InChI=1S/C20H23N3O3S/c1-2-21-20(25)22-15-5-9-17(10-6-15)26-16-7-3-14(4-8-16)12-23-13-18(27)11-19(23)24/h3-10,18,27H,2,11-13H2,1H3,(H2,21,22,25). The summed E-state index contributed by atoms with van der Waals surface area (Å²) in [6, 6.07) is 14.6. The van der Waals surface area contributed by atoms with E-state index in [0.29, 0.717) is 43.2 Å². The smallest absolute Gasteiger partial charge is 0.319 e. The van der Waals surface area contributed by atoms with E-state index in [1.165, 1.54) is 0 Å². The van der Waals surface area contributed by atoms with Crippen molar-refractivity contribution in [2.75, 3.05) is 18.4 Å². The average molecular weight is 385 g/mol. The van der Waals surface area contributed by atoms with Gasteiger partial charge in [0.05, 0.1) is 0 Å². The maximum atomic E-state index is 11.9. The van der Waals surface area contributed by atoms with E-state index in [4.69, 9.17) is 4.74 Å². The number of hydrogen-bond acceptors (Lipinski definition) is 4. The fourth-order valence-corrected chi connectivity index (χ4v) is 3.22. The van der Waals surface area contributed by atoms with E-state index >= 15 is 0 Å². The predicted octanol–water partition coefficient (Wildman–Crippen LogP) is 3.65. The zero-order valence-corrected chi connectivity index (χ0v) is 16.0. The number of benzene rings is 2. The molecule has 1 fully saturated rings. The number of carbonyl (C=O) groups is 2. The lowest BCUT2D eigenvalue weighted by Crippen LogP contribution is -2.28. The molecule has 2 N–H and O–H groups in total. The second-order valence-electron chi connectivity index (χ2n) is 6.39. The number of likely N-dealkylation sites (tertiary alicyclic amines) is 1. The van der Waals surface area contributed by atoms with Crippen molar-refractivity contribution in [1.29, 1.82) is 0 Å². The molecule has 2 aromatic carbocycles. The molecule has 3 rings (SSSR count). The van der Waals surface area contributed by atoms with Gasteiger partial charge in [-0.3, -0.25) is 4.79 Å². The molecule has 142 valence electrons. The summed E-state index contributed by atoms with van der Waals surface area (Å²) in [5, 5.41) is 5.54. The summed E-state index contributed by atoms with van der Waals surface area (Å²) < 4.78 is 5.83. The Morgan fingerprint density at radius 2 is 1.78 bits per heavy atom. The Morgan fingerprint density at radius 1 is 1.15 bits per heavy atom. The van der Waals surface area contributed by atoms with Gasteiger partial charge in [-0.15, -0.1) is 0 Å². The Balaban J connectivity index is 1.55. The van der Waals surface area contributed by atoms with E-state index in [9.17, 15) is 9.59 Å². The van der Waals surface area contributed by atoms with Crippen LogP contribution in [0.2, 0.25) is 0 Å². The Hall–Kier alpha value is -2.67. The van der Waals surface area contributed by atoms with Crippen molar-refractivity contribution in [3.05, 3.63) is 54.1 Å². The summed E-state index contributed by atoms with van der Waals surface area (Å²) in [5.41, 5.74) is 1.75. The summed E-state index contributed by atoms with van der Waals surface area (Å²) in [4.78, 5) is 25.2. The van der Waals surface area contributed by atoms with Gasteiger partial charge in [0.15, 0.2) is 0 Å². The third kappa shape index (κ3) is 5.40. The van der Waals surface area contributed by atoms with Crippen LogP contribution in [0.4, 0.5) is 10.5 Å².